The van der Waals surface area contributed by atoms with E-state index in [1.165, 1.54) is 15.3 Å². The van der Waals surface area contributed by atoms with Crippen LogP contribution in [0.2, 0.25) is 0 Å². The van der Waals surface area contributed by atoms with Crippen molar-refractivity contribution in [2.24, 2.45) is 0 Å². The van der Waals surface area contributed by atoms with Crippen LogP contribution in [-0.2, 0) is 0 Å². The van der Waals surface area contributed by atoms with Gasteiger partial charge < -0.3 is 20.9 Å². The zero-order valence-corrected chi connectivity index (χ0v) is 14.1. The molecule has 0 atom stereocenters. The van der Waals surface area contributed by atoms with Gasteiger partial charge in [-0.3, -0.25) is 0 Å². The smallest absolute Gasteiger partial charge is 0.161 e. The lowest BCUT2D eigenvalue weighted by Crippen LogP contribution is -2.50. The van der Waals surface area contributed by atoms with Gasteiger partial charge >= 0.3 is 0 Å². The van der Waals surface area contributed by atoms with Crippen molar-refractivity contribution in [1.82, 2.24) is 0 Å². The van der Waals surface area contributed by atoms with Crippen LogP contribution in [0.15, 0.2) is 30.3 Å². The van der Waals surface area contributed by atoms with Crippen LogP contribution in [0.3, 0.4) is 0 Å². The minimum absolute atomic E-state index is 0.669. The molecule has 22 heavy (non-hydrogen) atoms. The van der Waals surface area contributed by atoms with Crippen molar-refractivity contribution in [2.45, 2.75) is 19.8 Å². The second-order valence-corrected chi connectivity index (χ2v) is 6.47. The average Bonchev–Trinajstić information content (AvgIpc) is 2.95. The standard InChI is InChI=1S/C17H24N2O2S/c1-13-4-7-17(22-13)14-5-6-15(20-10-2-8-18)16(12-14)21-11-3-9-19/h4-7,12H,2-3,8-11,18-19H2,1H3/p+2. The Morgan fingerprint density at radius 3 is 2.18 bits per heavy atom. The molecule has 0 unspecified atom stereocenters. The number of rotatable bonds is 9. The monoisotopic (exact) mass is 322 g/mol. The summed E-state index contributed by atoms with van der Waals surface area (Å²) >= 11 is 1.79. The Morgan fingerprint density at radius 1 is 0.909 bits per heavy atom. The first-order valence-corrected chi connectivity index (χ1v) is 8.61. The lowest BCUT2D eigenvalue weighted by molar-refractivity contribution is -0.369. The molecule has 5 heteroatoms. The van der Waals surface area contributed by atoms with Crippen LogP contribution in [0, 0.1) is 6.92 Å². The third-order valence-corrected chi connectivity index (χ3v) is 4.32. The molecule has 2 rings (SSSR count). The number of hydrogen-bond acceptors (Lipinski definition) is 3. The minimum atomic E-state index is 0.669. The van der Waals surface area contributed by atoms with Gasteiger partial charge in [0.15, 0.2) is 11.5 Å². The van der Waals surface area contributed by atoms with Crippen molar-refractivity contribution in [3.05, 3.63) is 35.2 Å². The summed E-state index contributed by atoms with van der Waals surface area (Å²) in [6, 6.07) is 10.5. The van der Waals surface area contributed by atoms with E-state index < -0.39 is 0 Å². The molecule has 6 N–H and O–H groups in total. The van der Waals surface area contributed by atoms with E-state index in [1.807, 2.05) is 6.07 Å². The molecule has 0 bridgehead atoms. The maximum absolute atomic E-state index is 5.90. The van der Waals surface area contributed by atoms with Gasteiger partial charge in [-0.15, -0.1) is 11.3 Å². The minimum Gasteiger partial charge on any atom is -0.489 e. The number of quaternary nitrogens is 2. The highest BCUT2D eigenvalue weighted by Gasteiger charge is 2.09. The van der Waals surface area contributed by atoms with E-state index in [9.17, 15) is 0 Å². The van der Waals surface area contributed by atoms with Crippen molar-refractivity contribution in [1.29, 1.82) is 0 Å². The summed E-state index contributed by atoms with van der Waals surface area (Å²) < 4.78 is 11.7. The van der Waals surface area contributed by atoms with Gasteiger partial charge in [-0.25, -0.2) is 0 Å². The average molecular weight is 322 g/mol. The lowest BCUT2D eigenvalue weighted by Gasteiger charge is -2.13. The quantitative estimate of drug-likeness (QED) is 0.690. The number of hydrogen-bond donors (Lipinski definition) is 2. The molecule has 1 aromatic heterocycles. The summed E-state index contributed by atoms with van der Waals surface area (Å²) in [6.07, 6.45) is 1.89. The molecule has 0 aliphatic rings. The molecule has 0 spiro atoms. The number of ether oxygens (including phenoxy) is 2. The highest BCUT2D eigenvalue weighted by Crippen LogP contribution is 2.35. The van der Waals surface area contributed by atoms with E-state index in [1.54, 1.807) is 11.3 Å². The zero-order chi connectivity index (χ0) is 15.8. The molecule has 0 saturated carbocycles. The summed E-state index contributed by atoms with van der Waals surface area (Å²) in [5.74, 6) is 1.63. The number of aryl methyl sites for hydroxylation is 1. The van der Waals surface area contributed by atoms with E-state index in [-0.39, 0.29) is 0 Å². The Morgan fingerprint density at radius 2 is 1.59 bits per heavy atom. The SMILES string of the molecule is Cc1ccc(-c2ccc(OCCC[NH3+])c(OCCC[NH3+])c2)s1. The summed E-state index contributed by atoms with van der Waals surface area (Å²) in [5.41, 5.74) is 8.86. The van der Waals surface area contributed by atoms with Gasteiger partial charge in [0.25, 0.3) is 0 Å². The molecular weight excluding hydrogens is 296 g/mol. The molecule has 0 radical (unpaired) electrons. The maximum Gasteiger partial charge on any atom is 0.161 e. The third kappa shape index (κ3) is 4.73. The Labute approximate surface area is 136 Å². The van der Waals surface area contributed by atoms with Gasteiger partial charge in [0.1, 0.15) is 0 Å². The molecule has 0 aliphatic heterocycles. The Hall–Kier alpha value is -1.56. The fourth-order valence-electron chi connectivity index (χ4n) is 2.05. The second kappa shape index (κ2) is 8.78. The molecular formula is C17H26N2O2S+2. The van der Waals surface area contributed by atoms with Gasteiger partial charge in [0.05, 0.1) is 26.3 Å². The molecule has 4 nitrogen and oxygen atoms in total. The van der Waals surface area contributed by atoms with Gasteiger partial charge in [0.2, 0.25) is 0 Å². The first-order chi connectivity index (χ1) is 10.7. The fourth-order valence-corrected chi connectivity index (χ4v) is 2.92. The van der Waals surface area contributed by atoms with Gasteiger partial charge in [-0.05, 0) is 42.8 Å². The lowest BCUT2D eigenvalue weighted by atomic mass is 10.1. The summed E-state index contributed by atoms with van der Waals surface area (Å²) in [7, 11) is 0. The summed E-state index contributed by atoms with van der Waals surface area (Å²) in [6.45, 7) is 5.22. The first kappa shape index (κ1) is 16.8. The van der Waals surface area contributed by atoms with Crippen molar-refractivity contribution in [3.63, 3.8) is 0 Å². The van der Waals surface area contributed by atoms with Gasteiger partial charge in [0, 0.05) is 22.6 Å². The van der Waals surface area contributed by atoms with E-state index in [2.05, 4.69) is 42.7 Å². The van der Waals surface area contributed by atoms with Crippen LogP contribution in [0.1, 0.15) is 17.7 Å². The molecule has 1 heterocycles. The Bertz CT molecular complexity index is 584. The summed E-state index contributed by atoms with van der Waals surface area (Å²) in [4.78, 5) is 2.56. The van der Waals surface area contributed by atoms with Crippen molar-refractivity contribution < 1.29 is 20.9 Å². The number of thiophene rings is 1. The van der Waals surface area contributed by atoms with Crippen molar-refractivity contribution in [3.8, 4) is 21.9 Å². The van der Waals surface area contributed by atoms with Crippen LogP contribution >= 0.6 is 11.3 Å². The van der Waals surface area contributed by atoms with Crippen molar-refractivity contribution >= 4 is 11.3 Å². The van der Waals surface area contributed by atoms with Crippen LogP contribution < -0.4 is 20.9 Å². The highest BCUT2D eigenvalue weighted by molar-refractivity contribution is 7.15. The third-order valence-electron chi connectivity index (χ3n) is 3.27. The molecule has 1 aromatic carbocycles. The van der Waals surface area contributed by atoms with E-state index in [0.717, 1.165) is 37.4 Å². The topological polar surface area (TPSA) is 73.7 Å². The molecule has 0 saturated heterocycles. The molecule has 0 aliphatic carbocycles. The maximum atomic E-state index is 5.90. The van der Waals surface area contributed by atoms with E-state index in [4.69, 9.17) is 9.47 Å². The van der Waals surface area contributed by atoms with Crippen molar-refractivity contribution in [2.75, 3.05) is 26.3 Å². The van der Waals surface area contributed by atoms with Crippen LogP contribution in [0.4, 0.5) is 0 Å². The predicted molar refractivity (Wildman–Crippen MR) is 90.2 cm³/mol. The van der Waals surface area contributed by atoms with Gasteiger partial charge in [-0.1, -0.05) is 0 Å². The largest absolute Gasteiger partial charge is 0.489 e. The van der Waals surface area contributed by atoms with E-state index in [0.29, 0.717) is 13.2 Å². The van der Waals surface area contributed by atoms with Crippen LogP contribution in [0.25, 0.3) is 10.4 Å². The summed E-state index contributed by atoms with van der Waals surface area (Å²) in [5, 5.41) is 0. The van der Waals surface area contributed by atoms with E-state index >= 15 is 0 Å². The van der Waals surface area contributed by atoms with Crippen LogP contribution in [0.5, 0.6) is 11.5 Å². The highest BCUT2D eigenvalue weighted by atomic mass is 32.1. The van der Waals surface area contributed by atoms with Crippen LogP contribution in [-0.4, -0.2) is 26.3 Å². The van der Waals surface area contributed by atoms with Gasteiger partial charge in [-0.2, -0.15) is 0 Å². The second-order valence-electron chi connectivity index (χ2n) is 5.18. The molecule has 120 valence electrons. The Balaban J connectivity index is 2.17. The first-order valence-electron chi connectivity index (χ1n) is 7.79. The predicted octanol–water partition coefficient (Wildman–Crippen LogP) is 1.75. The number of benzene rings is 1. The molecule has 0 amide bonds. The molecule has 0 fully saturated rings. The zero-order valence-electron chi connectivity index (χ0n) is 13.3. The fraction of sp³-hybridized carbons (Fsp3) is 0.412. The molecule has 2 aromatic rings. The normalized spacial score (nSPS) is 10.7. The Kier molecular flexibility index (Phi) is 6.71.